The van der Waals surface area contributed by atoms with Crippen LogP contribution in [-0.4, -0.2) is 53.5 Å². The van der Waals surface area contributed by atoms with Crippen molar-refractivity contribution in [1.29, 1.82) is 0 Å². The van der Waals surface area contributed by atoms with Gasteiger partial charge in [0.2, 0.25) is 0 Å². The van der Waals surface area contributed by atoms with Crippen molar-refractivity contribution in [2.45, 2.75) is 0 Å². The Morgan fingerprint density at radius 3 is 1.22 bits per heavy atom. The van der Waals surface area contributed by atoms with Gasteiger partial charge in [-0.25, -0.2) is 28.8 Å². The lowest BCUT2D eigenvalue weighted by Crippen LogP contribution is -2.17. The highest BCUT2D eigenvalue weighted by molar-refractivity contribution is 6.19. The molecule has 3 N–H and O–H groups in total. The maximum Gasteiger partial charge on any atom is 0.346 e. The third-order valence-corrected chi connectivity index (χ3v) is 8.56. The number of benzene rings is 5. The molecule has 3 heterocycles. The van der Waals surface area contributed by atoms with Gasteiger partial charge in [-0.1, -0.05) is 0 Å². The van der Waals surface area contributed by atoms with Crippen LogP contribution < -0.4 is 20.7 Å². The molecule has 0 saturated heterocycles. The summed E-state index contributed by atoms with van der Waals surface area (Å²) >= 11 is 0. The van der Waals surface area contributed by atoms with Crippen LogP contribution in [0.4, 0.5) is 17.1 Å². The summed E-state index contributed by atoms with van der Waals surface area (Å²) in [6.07, 6.45) is 0. The van der Waals surface area contributed by atoms with Gasteiger partial charge in [0.1, 0.15) is 11.5 Å². The first-order valence-electron chi connectivity index (χ1n) is 16.0. The lowest BCUT2D eigenvalue weighted by Gasteiger charge is -2.15. The first-order valence-corrected chi connectivity index (χ1v) is 16.0. The number of cyclic esters (lactones) is 6. The number of carbonyl (C=O) groups excluding carboxylic acids is 9. The van der Waals surface area contributed by atoms with Gasteiger partial charge in [-0.05, 0) is 91.0 Å². The van der Waals surface area contributed by atoms with E-state index in [0.717, 1.165) is 0 Å². The minimum Gasteiger partial charge on any atom is -0.457 e. The average molecular weight is 738 g/mol. The summed E-state index contributed by atoms with van der Waals surface area (Å²) < 4.78 is 19.7. The molecule has 0 saturated carbocycles. The Hall–Kier alpha value is -8.27. The van der Waals surface area contributed by atoms with E-state index in [-0.39, 0.29) is 67.2 Å². The van der Waals surface area contributed by atoms with Gasteiger partial charge >= 0.3 is 35.8 Å². The second kappa shape index (κ2) is 13.1. The quantitative estimate of drug-likeness (QED) is 0.106. The monoisotopic (exact) mass is 737 g/mol. The van der Waals surface area contributed by atoms with Gasteiger partial charge < -0.3 is 34.9 Å². The van der Waals surface area contributed by atoms with Crippen molar-refractivity contribution in [3.05, 3.63) is 147 Å². The van der Waals surface area contributed by atoms with Gasteiger partial charge in [-0.2, -0.15) is 0 Å². The molecule has 55 heavy (non-hydrogen) atoms. The zero-order chi connectivity index (χ0) is 38.5. The minimum atomic E-state index is -0.906. The summed E-state index contributed by atoms with van der Waals surface area (Å²) in [5.74, 6) is -6.61. The molecule has 5 aromatic rings. The predicted molar refractivity (Wildman–Crippen MR) is 185 cm³/mol. The number of rotatable bonds is 8. The summed E-state index contributed by atoms with van der Waals surface area (Å²) in [6.45, 7) is 0. The number of amides is 3. The second-order valence-electron chi connectivity index (χ2n) is 12.0. The van der Waals surface area contributed by atoms with Gasteiger partial charge in [-0.15, -0.1) is 0 Å². The summed E-state index contributed by atoms with van der Waals surface area (Å²) in [7, 11) is 0. The molecule has 0 fully saturated rings. The lowest BCUT2D eigenvalue weighted by atomic mass is 10.0. The van der Waals surface area contributed by atoms with Crippen LogP contribution in [0.25, 0.3) is 0 Å². The van der Waals surface area contributed by atoms with Crippen LogP contribution in [0.5, 0.6) is 11.5 Å². The van der Waals surface area contributed by atoms with Crippen molar-refractivity contribution < 1.29 is 62.1 Å². The molecule has 8 rings (SSSR count). The summed E-state index contributed by atoms with van der Waals surface area (Å²) in [5, 5.41) is 8.00. The molecular weight excluding hydrogens is 718 g/mol. The topological polar surface area (TPSA) is 227 Å². The molecule has 0 aliphatic carbocycles. The van der Waals surface area contributed by atoms with E-state index >= 15 is 0 Å². The molecule has 5 aromatic carbocycles. The van der Waals surface area contributed by atoms with Crippen molar-refractivity contribution in [3.63, 3.8) is 0 Å². The van der Waals surface area contributed by atoms with Crippen LogP contribution >= 0.6 is 0 Å². The predicted octanol–water partition coefficient (Wildman–Crippen LogP) is 5.17. The number of hydrogen-bond donors (Lipinski definition) is 3. The maximum absolute atomic E-state index is 13.4. The number of carbonyl (C=O) groups is 9. The SMILES string of the molecule is O=C(Nc1ccc(Oc2ccc(NC(=O)c3ccc4c(c3)C(=O)OC4=O)c(NC(=O)c3ccc4c(c3)C(=O)OC4=O)c2)cc1)c1ccc2c(c1)C(=O)OC2=O. The standard InChI is InChI=1S/C39H19N3O13/c43-31(17-1-9-23-26(13-17)37(49)53-34(23)46)40-20-4-6-21(7-5-20)52-22-8-12-29(41-32(44)18-2-10-24-27(14-18)38(50)54-35(24)47)30(16-22)42-33(45)19-3-11-25-28(15-19)39(51)55-36(25)48/h1-16H,(H,40,43)(H,41,44)(H,42,45). The van der Waals surface area contributed by atoms with E-state index in [1.54, 1.807) is 12.1 Å². The molecular formula is C39H19N3O13. The first kappa shape index (κ1) is 33.9. The van der Waals surface area contributed by atoms with Crippen molar-refractivity contribution in [2.75, 3.05) is 16.0 Å². The zero-order valence-electron chi connectivity index (χ0n) is 27.5. The molecule has 0 spiro atoms. The molecule has 0 bridgehead atoms. The zero-order valence-corrected chi connectivity index (χ0v) is 27.5. The van der Waals surface area contributed by atoms with Gasteiger partial charge in [0.05, 0.1) is 44.8 Å². The third-order valence-electron chi connectivity index (χ3n) is 8.56. The number of hydrogen-bond acceptors (Lipinski definition) is 13. The highest BCUT2D eigenvalue weighted by atomic mass is 16.6. The Bertz CT molecular complexity index is 2650. The Balaban J connectivity index is 1.02. The van der Waals surface area contributed by atoms with Crippen LogP contribution in [0.2, 0.25) is 0 Å². The molecule has 0 radical (unpaired) electrons. The largest absolute Gasteiger partial charge is 0.457 e. The number of esters is 6. The number of anilines is 3. The lowest BCUT2D eigenvalue weighted by molar-refractivity contribution is 0.0425. The van der Waals surface area contributed by atoms with Gasteiger partial charge in [-0.3, -0.25) is 14.4 Å². The molecule has 0 aromatic heterocycles. The van der Waals surface area contributed by atoms with Crippen molar-refractivity contribution >= 4 is 70.6 Å². The average Bonchev–Trinajstić information content (AvgIpc) is 3.75. The number of nitrogens with one attached hydrogen (secondary N) is 3. The molecule has 16 nitrogen and oxygen atoms in total. The Labute approximate surface area is 306 Å². The molecule has 3 aliphatic heterocycles. The molecule has 16 heteroatoms. The van der Waals surface area contributed by atoms with Crippen LogP contribution in [0.1, 0.15) is 93.2 Å². The molecule has 0 atom stereocenters. The van der Waals surface area contributed by atoms with Crippen LogP contribution in [-0.2, 0) is 14.2 Å². The summed E-state index contributed by atoms with van der Waals surface area (Å²) in [6, 6.07) is 22.1. The summed E-state index contributed by atoms with van der Waals surface area (Å²) in [4.78, 5) is 111. The minimum absolute atomic E-state index is 0.00271. The maximum atomic E-state index is 13.4. The van der Waals surface area contributed by atoms with Gasteiger partial charge in [0.25, 0.3) is 17.7 Å². The van der Waals surface area contributed by atoms with E-state index in [1.165, 1.54) is 84.9 Å². The van der Waals surface area contributed by atoms with Crippen LogP contribution in [0, 0.1) is 0 Å². The number of ether oxygens (including phenoxy) is 4. The smallest absolute Gasteiger partial charge is 0.346 e. The highest BCUT2D eigenvalue weighted by Gasteiger charge is 2.33. The van der Waals surface area contributed by atoms with E-state index < -0.39 is 53.5 Å². The second-order valence-corrected chi connectivity index (χ2v) is 12.0. The summed E-state index contributed by atoms with van der Waals surface area (Å²) in [5.41, 5.74) is 0.501. The Kier molecular flexibility index (Phi) is 8.03. The van der Waals surface area contributed by atoms with E-state index in [0.29, 0.717) is 11.4 Å². The first-order chi connectivity index (χ1) is 26.4. The Morgan fingerprint density at radius 1 is 0.382 bits per heavy atom. The van der Waals surface area contributed by atoms with E-state index in [4.69, 9.17) is 4.74 Å². The van der Waals surface area contributed by atoms with E-state index in [2.05, 4.69) is 30.2 Å². The number of fused-ring (bicyclic) bond motifs is 3. The highest BCUT2D eigenvalue weighted by Crippen LogP contribution is 2.33. The van der Waals surface area contributed by atoms with Crippen LogP contribution in [0.3, 0.4) is 0 Å². The van der Waals surface area contributed by atoms with E-state index in [9.17, 15) is 43.2 Å². The fraction of sp³-hybridized carbons (Fsp3) is 0. The molecule has 0 unspecified atom stereocenters. The Morgan fingerprint density at radius 2 is 0.764 bits per heavy atom. The molecule has 3 amide bonds. The molecule has 3 aliphatic rings. The van der Waals surface area contributed by atoms with E-state index in [1.807, 2.05) is 0 Å². The fourth-order valence-electron chi connectivity index (χ4n) is 5.81. The van der Waals surface area contributed by atoms with Crippen molar-refractivity contribution in [1.82, 2.24) is 0 Å². The normalized spacial score (nSPS) is 13.6. The van der Waals surface area contributed by atoms with Crippen LogP contribution in [0.15, 0.2) is 97.1 Å². The van der Waals surface area contributed by atoms with Gasteiger partial charge in [0.15, 0.2) is 0 Å². The third kappa shape index (κ3) is 6.31. The molecule has 268 valence electrons. The fourth-order valence-corrected chi connectivity index (χ4v) is 5.81. The van der Waals surface area contributed by atoms with Gasteiger partial charge in [0, 0.05) is 28.4 Å². The van der Waals surface area contributed by atoms with Crippen molar-refractivity contribution in [3.8, 4) is 11.5 Å². The van der Waals surface area contributed by atoms with Crippen molar-refractivity contribution in [2.24, 2.45) is 0 Å².